The Morgan fingerprint density at radius 3 is 2.50 bits per heavy atom. The highest BCUT2D eigenvalue weighted by molar-refractivity contribution is 5.92. The molecule has 0 atom stereocenters. The third-order valence-electron chi connectivity index (χ3n) is 2.05. The van der Waals surface area contributed by atoms with Crippen LogP contribution in [0.25, 0.3) is 0 Å². The van der Waals surface area contributed by atoms with Crippen molar-refractivity contribution in [2.45, 2.75) is 6.54 Å². The lowest BCUT2D eigenvalue weighted by atomic mass is 10.2. The summed E-state index contributed by atoms with van der Waals surface area (Å²) in [6.45, 7) is 0.331. The highest BCUT2D eigenvalue weighted by atomic mass is 79.9. The number of halogens is 1. The Kier molecular flexibility index (Phi) is 4.79. The molecule has 4 heteroatoms. The second-order valence-electron chi connectivity index (χ2n) is 3.19. The predicted molar refractivity (Wildman–Crippen MR) is 55.2 cm³/mol. The van der Waals surface area contributed by atoms with Crippen LogP contribution < -0.4 is 21.5 Å². The van der Waals surface area contributed by atoms with Gasteiger partial charge in [-0.3, -0.25) is 9.78 Å². The molecular formula is C12H11BrN2O. The Morgan fingerprint density at radius 1 is 1.12 bits per heavy atom. The summed E-state index contributed by atoms with van der Waals surface area (Å²) in [4.78, 5) is 15.7. The number of carbonyl (C=O) groups excluding carboxylic acids is 1. The van der Waals surface area contributed by atoms with Crippen molar-refractivity contribution >= 4 is 5.78 Å². The molecule has 82 valence electrons. The minimum absolute atomic E-state index is 0. The average Bonchev–Trinajstić information content (AvgIpc) is 2.31. The minimum atomic E-state index is 0. The van der Waals surface area contributed by atoms with E-state index in [2.05, 4.69) is 4.98 Å². The minimum Gasteiger partial charge on any atom is -1.00 e. The number of carbonyl (C=O) groups is 1. The predicted octanol–water partition coefficient (Wildman–Crippen LogP) is -1.74. The lowest BCUT2D eigenvalue weighted by Crippen LogP contribution is -3.00. The van der Waals surface area contributed by atoms with Crippen molar-refractivity contribution in [3.8, 4) is 0 Å². The zero-order chi connectivity index (χ0) is 10.5. The molecule has 2 heterocycles. The second kappa shape index (κ2) is 6.12. The normalized spacial score (nSPS) is 9.25. The third-order valence-corrected chi connectivity index (χ3v) is 2.05. The average molecular weight is 279 g/mol. The van der Waals surface area contributed by atoms with Gasteiger partial charge in [0.2, 0.25) is 12.3 Å². The topological polar surface area (TPSA) is 33.8 Å². The molecule has 0 saturated carbocycles. The standard InChI is InChI=1S/C12H11N2O.BrH/c15-12(11-6-2-3-7-13-11)10-14-8-4-1-5-9-14;/h1-9H,10H2;1H/q+1;/p-1. The third kappa shape index (κ3) is 3.24. The Labute approximate surface area is 105 Å². The molecule has 2 aromatic rings. The van der Waals surface area contributed by atoms with Gasteiger partial charge in [-0.05, 0) is 12.1 Å². The molecular weight excluding hydrogens is 268 g/mol. The van der Waals surface area contributed by atoms with Gasteiger partial charge in [0.15, 0.2) is 12.4 Å². The Hall–Kier alpha value is -1.55. The van der Waals surface area contributed by atoms with E-state index in [0.717, 1.165) is 0 Å². The van der Waals surface area contributed by atoms with Crippen molar-refractivity contribution in [1.29, 1.82) is 0 Å². The van der Waals surface area contributed by atoms with E-state index in [1.807, 2.05) is 41.2 Å². The van der Waals surface area contributed by atoms with Crippen molar-refractivity contribution in [3.05, 3.63) is 60.7 Å². The highest BCUT2D eigenvalue weighted by Crippen LogP contribution is 1.94. The number of nitrogens with zero attached hydrogens (tertiary/aromatic N) is 2. The maximum absolute atomic E-state index is 11.7. The zero-order valence-electron chi connectivity index (χ0n) is 8.58. The van der Waals surface area contributed by atoms with Gasteiger partial charge in [-0.2, -0.15) is 4.57 Å². The number of pyridine rings is 2. The fraction of sp³-hybridized carbons (Fsp3) is 0.0833. The summed E-state index contributed by atoms with van der Waals surface area (Å²) in [5, 5.41) is 0. The van der Waals surface area contributed by atoms with Crippen molar-refractivity contribution in [2.75, 3.05) is 0 Å². The lowest BCUT2D eigenvalue weighted by Gasteiger charge is -1.95. The maximum atomic E-state index is 11.7. The van der Waals surface area contributed by atoms with Crippen molar-refractivity contribution in [3.63, 3.8) is 0 Å². The van der Waals surface area contributed by atoms with Crippen molar-refractivity contribution < 1.29 is 26.3 Å². The van der Waals surface area contributed by atoms with Crippen LogP contribution in [0, 0.1) is 0 Å². The van der Waals surface area contributed by atoms with Gasteiger partial charge in [0.05, 0.1) is 0 Å². The van der Waals surface area contributed by atoms with Crippen LogP contribution >= 0.6 is 0 Å². The largest absolute Gasteiger partial charge is 1.00 e. The first kappa shape index (κ1) is 12.5. The number of ketones is 1. The molecule has 2 aromatic heterocycles. The second-order valence-corrected chi connectivity index (χ2v) is 3.19. The summed E-state index contributed by atoms with van der Waals surface area (Å²) in [5.41, 5.74) is 0.508. The van der Waals surface area contributed by atoms with Gasteiger partial charge in [-0.25, -0.2) is 0 Å². The molecule has 2 rings (SSSR count). The van der Waals surface area contributed by atoms with E-state index in [1.165, 1.54) is 0 Å². The van der Waals surface area contributed by atoms with Crippen LogP contribution in [-0.4, -0.2) is 10.8 Å². The Balaban J connectivity index is 0.00000128. The van der Waals surface area contributed by atoms with Gasteiger partial charge < -0.3 is 17.0 Å². The molecule has 0 radical (unpaired) electrons. The van der Waals surface area contributed by atoms with Crippen LogP contribution in [0.15, 0.2) is 55.0 Å². The highest BCUT2D eigenvalue weighted by Gasteiger charge is 2.11. The molecule has 0 aliphatic heterocycles. The van der Waals surface area contributed by atoms with Crippen molar-refractivity contribution in [1.82, 2.24) is 4.98 Å². The van der Waals surface area contributed by atoms with Gasteiger partial charge in [-0.1, -0.05) is 12.1 Å². The smallest absolute Gasteiger partial charge is 0.245 e. The molecule has 0 N–H and O–H groups in total. The first-order valence-corrected chi connectivity index (χ1v) is 4.74. The van der Waals surface area contributed by atoms with E-state index in [9.17, 15) is 4.79 Å². The van der Waals surface area contributed by atoms with Gasteiger partial charge in [-0.15, -0.1) is 0 Å². The summed E-state index contributed by atoms with van der Waals surface area (Å²) in [6.07, 6.45) is 5.35. The van der Waals surface area contributed by atoms with E-state index >= 15 is 0 Å². The van der Waals surface area contributed by atoms with E-state index in [4.69, 9.17) is 0 Å². The van der Waals surface area contributed by atoms with Gasteiger partial charge in [0.1, 0.15) is 5.69 Å². The van der Waals surface area contributed by atoms with Crippen LogP contribution in [0.5, 0.6) is 0 Å². The Bertz CT molecular complexity index is 445. The molecule has 0 bridgehead atoms. The molecule has 16 heavy (non-hydrogen) atoms. The Morgan fingerprint density at radius 2 is 1.88 bits per heavy atom. The molecule has 0 aliphatic carbocycles. The molecule has 0 aliphatic rings. The number of aromatic nitrogens is 2. The van der Waals surface area contributed by atoms with E-state index in [0.29, 0.717) is 12.2 Å². The van der Waals surface area contributed by atoms with Crippen LogP contribution in [0.4, 0.5) is 0 Å². The monoisotopic (exact) mass is 278 g/mol. The number of hydrogen-bond donors (Lipinski definition) is 0. The van der Waals surface area contributed by atoms with Crippen molar-refractivity contribution in [2.24, 2.45) is 0 Å². The van der Waals surface area contributed by atoms with E-state index in [1.54, 1.807) is 18.3 Å². The fourth-order valence-electron chi connectivity index (χ4n) is 1.31. The first-order valence-electron chi connectivity index (χ1n) is 4.74. The quantitative estimate of drug-likeness (QED) is 0.493. The summed E-state index contributed by atoms with van der Waals surface area (Å²) in [7, 11) is 0. The summed E-state index contributed by atoms with van der Waals surface area (Å²) in [5.74, 6) is 0.0202. The van der Waals surface area contributed by atoms with Crippen LogP contribution in [0.2, 0.25) is 0 Å². The van der Waals surface area contributed by atoms with Crippen LogP contribution in [0.1, 0.15) is 10.5 Å². The first-order chi connectivity index (χ1) is 7.36. The molecule has 0 aromatic carbocycles. The number of Topliss-reactive ketones (excluding diaryl/α,β-unsaturated/α-hetero) is 1. The zero-order valence-corrected chi connectivity index (χ0v) is 10.2. The van der Waals surface area contributed by atoms with Gasteiger partial charge in [0, 0.05) is 18.3 Å². The van der Waals surface area contributed by atoms with Gasteiger partial charge >= 0.3 is 0 Å². The summed E-state index contributed by atoms with van der Waals surface area (Å²) in [6, 6.07) is 11.0. The summed E-state index contributed by atoms with van der Waals surface area (Å²) >= 11 is 0. The molecule has 0 fully saturated rings. The van der Waals surface area contributed by atoms with E-state index < -0.39 is 0 Å². The molecule has 0 unspecified atom stereocenters. The fourth-order valence-corrected chi connectivity index (χ4v) is 1.31. The van der Waals surface area contributed by atoms with E-state index in [-0.39, 0.29) is 22.8 Å². The number of hydrogen-bond acceptors (Lipinski definition) is 2. The molecule has 0 amide bonds. The maximum Gasteiger partial charge on any atom is 0.245 e. The van der Waals surface area contributed by atoms with Gasteiger partial charge in [0.25, 0.3) is 0 Å². The molecule has 0 saturated heterocycles. The molecule has 0 spiro atoms. The van der Waals surface area contributed by atoms with Crippen LogP contribution in [0.3, 0.4) is 0 Å². The lowest BCUT2D eigenvalue weighted by molar-refractivity contribution is -0.683. The summed E-state index contributed by atoms with van der Waals surface area (Å²) < 4.78 is 1.83. The SMILES string of the molecule is O=C(C[n+]1ccccc1)c1ccccn1.[Br-]. The molecule has 3 nitrogen and oxygen atoms in total. The number of rotatable bonds is 3. The van der Waals surface area contributed by atoms with Crippen LogP contribution in [-0.2, 0) is 6.54 Å².